The molecular weight excluding hydrogens is 229 g/mol. The average Bonchev–Trinajstić information content (AvgIpc) is 2.30. The van der Waals surface area contributed by atoms with Crippen LogP contribution in [0.25, 0.3) is 0 Å². The fourth-order valence-corrected chi connectivity index (χ4v) is 1.77. The molecule has 1 aliphatic rings. The van der Waals surface area contributed by atoms with Crippen molar-refractivity contribution in [2.75, 3.05) is 59.9 Å². The predicted octanol–water partition coefficient (Wildman–Crippen LogP) is -4.69. The molecule has 0 saturated carbocycles. The second-order valence-corrected chi connectivity index (χ2v) is 4.57. The van der Waals surface area contributed by atoms with Crippen molar-refractivity contribution in [2.24, 2.45) is 0 Å². The molecule has 1 rings (SSSR count). The third-order valence-electron chi connectivity index (χ3n) is 3.09. The number of hydrogen-bond acceptors (Lipinski definition) is 5. The van der Waals surface area contributed by atoms with Gasteiger partial charge in [-0.15, -0.1) is 0 Å². The summed E-state index contributed by atoms with van der Waals surface area (Å²) >= 11 is 0. The monoisotopic (exact) mass is 251 g/mol. The molecule has 94 valence electrons. The molecule has 0 spiro atoms. The Hall–Kier alpha value is 0.350. The fraction of sp³-hybridized carbons (Fsp3) is 0.909. The third kappa shape index (κ3) is 8.13. The predicted molar refractivity (Wildman–Crippen MR) is 61.1 cm³/mol. The Kier molecular flexibility index (Phi) is 9.49. The van der Waals surface area contributed by atoms with Crippen LogP contribution < -0.4 is 34.7 Å². The van der Waals surface area contributed by atoms with Crippen LogP contribution >= 0.6 is 0 Å². The molecule has 0 bridgehead atoms. The summed E-state index contributed by atoms with van der Waals surface area (Å²) in [5.41, 5.74) is 0. The molecule has 0 N–H and O–H groups in total. The quantitative estimate of drug-likeness (QED) is 0.472. The molecule has 1 saturated heterocycles. The zero-order chi connectivity index (χ0) is 12.0. The molecule has 0 radical (unpaired) electrons. The zero-order valence-electron chi connectivity index (χ0n) is 11.3. The van der Waals surface area contributed by atoms with Crippen LogP contribution in [0.4, 0.5) is 0 Å². The average molecular weight is 251 g/mol. The number of carbonyl (C=O) groups is 1. The van der Waals surface area contributed by atoms with Crippen LogP contribution in [0, 0.1) is 0 Å². The molecule has 0 atom stereocenters. The Morgan fingerprint density at radius 3 is 1.82 bits per heavy atom. The van der Waals surface area contributed by atoms with Gasteiger partial charge in [-0.05, 0) is 20.5 Å². The summed E-state index contributed by atoms with van der Waals surface area (Å²) in [5.74, 6) is -0.957. The van der Waals surface area contributed by atoms with Crippen LogP contribution in [-0.2, 0) is 4.79 Å². The smallest absolute Gasteiger partial charge is 0.550 e. The maximum Gasteiger partial charge on any atom is 1.00 e. The van der Waals surface area contributed by atoms with Gasteiger partial charge >= 0.3 is 29.6 Å². The topological polar surface area (TPSA) is 49.8 Å². The van der Waals surface area contributed by atoms with Gasteiger partial charge in [0.1, 0.15) is 0 Å². The van der Waals surface area contributed by atoms with Crippen LogP contribution in [0.15, 0.2) is 0 Å². The second-order valence-electron chi connectivity index (χ2n) is 4.57. The Labute approximate surface area is 126 Å². The zero-order valence-corrected chi connectivity index (χ0v) is 13.3. The molecule has 6 heteroatoms. The summed E-state index contributed by atoms with van der Waals surface area (Å²) in [6, 6.07) is 0. The first-order chi connectivity index (χ1) is 7.58. The van der Waals surface area contributed by atoms with Gasteiger partial charge in [0.25, 0.3) is 0 Å². The van der Waals surface area contributed by atoms with E-state index < -0.39 is 5.97 Å². The van der Waals surface area contributed by atoms with Crippen LogP contribution in [-0.4, -0.2) is 80.6 Å². The number of carboxylic acid groups (broad SMARTS) is 1. The Bertz CT molecular complexity index is 215. The van der Waals surface area contributed by atoms with Gasteiger partial charge in [0.2, 0.25) is 0 Å². The van der Waals surface area contributed by atoms with Crippen LogP contribution in [0.3, 0.4) is 0 Å². The van der Waals surface area contributed by atoms with Crippen molar-refractivity contribution in [3.63, 3.8) is 0 Å². The van der Waals surface area contributed by atoms with E-state index in [-0.39, 0.29) is 36.0 Å². The van der Waals surface area contributed by atoms with Crippen molar-refractivity contribution in [1.82, 2.24) is 14.7 Å². The molecule has 1 heterocycles. The summed E-state index contributed by atoms with van der Waals surface area (Å²) in [6.45, 7) is 6.64. The normalized spacial score (nSPS) is 21.1. The molecule has 0 aromatic carbocycles. The fourth-order valence-electron chi connectivity index (χ4n) is 1.77. The summed E-state index contributed by atoms with van der Waals surface area (Å²) in [7, 11) is 4.21. The summed E-state index contributed by atoms with van der Waals surface area (Å²) in [4.78, 5) is 17.2. The number of aliphatic carboxylic acids is 1. The van der Waals surface area contributed by atoms with Crippen molar-refractivity contribution in [3.8, 4) is 0 Å². The number of carbonyl (C=O) groups excluding carboxylic acids is 1. The second kappa shape index (κ2) is 9.30. The third-order valence-corrected chi connectivity index (χ3v) is 3.09. The van der Waals surface area contributed by atoms with E-state index in [0.717, 1.165) is 39.3 Å². The van der Waals surface area contributed by atoms with Gasteiger partial charge < -0.3 is 24.6 Å². The Morgan fingerprint density at radius 1 is 1.00 bits per heavy atom. The van der Waals surface area contributed by atoms with Gasteiger partial charge in [-0.1, -0.05) is 0 Å². The maximum absolute atomic E-state index is 10.4. The molecule has 0 amide bonds. The van der Waals surface area contributed by atoms with E-state index in [2.05, 4.69) is 28.8 Å². The van der Waals surface area contributed by atoms with E-state index in [1.807, 2.05) is 0 Å². The van der Waals surface area contributed by atoms with E-state index in [9.17, 15) is 9.90 Å². The van der Waals surface area contributed by atoms with Crippen molar-refractivity contribution in [2.45, 2.75) is 6.42 Å². The minimum atomic E-state index is -0.957. The molecule has 0 aromatic rings. The Morgan fingerprint density at radius 2 is 1.41 bits per heavy atom. The van der Waals surface area contributed by atoms with Gasteiger partial charge in [-0.3, -0.25) is 0 Å². The molecule has 17 heavy (non-hydrogen) atoms. The van der Waals surface area contributed by atoms with Crippen LogP contribution in [0.1, 0.15) is 6.42 Å². The van der Waals surface area contributed by atoms with E-state index in [1.54, 1.807) is 0 Å². The SMILES string of the molecule is CN1CCN(C)CCN(CCC(=O)[O-])CC1.[Na+]. The summed E-state index contributed by atoms with van der Waals surface area (Å²) in [6.07, 6.45) is 0.132. The van der Waals surface area contributed by atoms with Crippen LogP contribution in [0.2, 0.25) is 0 Å². The first-order valence-electron chi connectivity index (χ1n) is 5.87. The minimum Gasteiger partial charge on any atom is -0.550 e. The molecule has 0 aliphatic carbocycles. The standard InChI is InChI=1S/C11H23N3O2.Na/c1-12-5-6-13(2)8-10-14(9-7-12)4-3-11(15)16;/h3-10H2,1-2H3,(H,15,16);/q;+1/p-1. The van der Waals surface area contributed by atoms with E-state index >= 15 is 0 Å². The van der Waals surface area contributed by atoms with E-state index in [1.165, 1.54) is 0 Å². The van der Waals surface area contributed by atoms with Crippen molar-refractivity contribution < 1.29 is 39.5 Å². The summed E-state index contributed by atoms with van der Waals surface area (Å²) < 4.78 is 0. The molecule has 1 aliphatic heterocycles. The molecular formula is C11H22N3NaO2. The number of carboxylic acids is 1. The van der Waals surface area contributed by atoms with Gasteiger partial charge in [0.05, 0.1) is 0 Å². The largest absolute Gasteiger partial charge is 1.00 e. The van der Waals surface area contributed by atoms with E-state index in [4.69, 9.17) is 0 Å². The van der Waals surface area contributed by atoms with Crippen molar-refractivity contribution in [3.05, 3.63) is 0 Å². The minimum absolute atomic E-state index is 0. The number of hydrogen-bond donors (Lipinski definition) is 0. The number of likely N-dealkylation sites (N-methyl/N-ethyl adjacent to an activating group) is 2. The number of nitrogens with zero attached hydrogens (tertiary/aromatic N) is 3. The first kappa shape index (κ1) is 17.4. The van der Waals surface area contributed by atoms with Gasteiger partial charge in [0, 0.05) is 51.8 Å². The first-order valence-corrected chi connectivity index (χ1v) is 5.87. The van der Waals surface area contributed by atoms with Gasteiger partial charge in [-0.25, -0.2) is 0 Å². The maximum atomic E-state index is 10.4. The van der Waals surface area contributed by atoms with Gasteiger partial charge in [0.15, 0.2) is 0 Å². The number of rotatable bonds is 3. The Balaban J connectivity index is 0.00000256. The van der Waals surface area contributed by atoms with E-state index in [0.29, 0.717) is 6.54 Å². The molecule has 0 unspecified atom stereocenters. The van der Waals surface area contributed by atoms with Crippen LogP contribution in [0.5, 0.6) is 0 Å². The van der Waals surface area contributed by atoms with Crippen molar-refractivity contribution in [1.29, 1.82) is 0 Å². The summed E-state index contributed by atoms with van der Waals surface area (Å²) in [5, 5.41) is 10.4. The van der Waals surface area contributed by atoms with Gasteiger partial charge in [-0.2, -0.15) is 0 Å². The van der Waals surface area contributed by atoms with Crippen molar-refractivity contribution >= 4 is 5.97 Å². The molecule has 5 nitrogen and oxygen atoms in total. The molecule has 0 aromatic heterocycles. The molecule has 1 fully saturated rings.